The number of imidazole rings is 3. The number of primary amides is 1. The molecule has 5 aromatic rings. The maximum absolute atomic E-state index is 15.4. The first-order chi connectivity index (χ1) is 61.4. The SMILES string of the molecule is CC(=O)O.CCC(C)C(NC(=O)C(Cc1ccc(O)cc1)NC(=O)C(NC(=O)C(CCCNC(=N)N)NC(=O)C(N)CC(=O)O)C(C)C)C(=O)NC(Cc1c[nH]cn1)C(=O)N1CCCC1C(=O)NC(Cc1ccccc1)C(=O)NC(Cc1c[nH]cn1)C(=O)NC(CC(C)C)C(=O)NC(C(=O)NC(C(=O)NC(Cc1c[nH]cn1)C(=O)NC(CC(N)=O)C(=O)O)C(C)CC)C(C)C. The van der Waals surface area contributed by atoms with Crippen LogP contribution in [0.5, 0.6) is 5.75 Å². The van der Waals surface area contributed by atoms with Gasteiger partial charge >= 0.3 is 11.9 Å². The molecule has 1 aliphatic heterocycles. The second-order valence-corrected chi connectivity index (χ2v) is 33.1. The summed E-state index contributed by atoms with van der Waals surface area (Å²) < 4.78 is 0. The molecule has 712 valence electrons. The number of carbonyl (C=O) groups is 17. The van der Waals surface area contributed by atoms with Crippen LogP contribution in [0.1, 0.15) is 162 Å². The minimum Gasteiger partial charge on any atom is -0.508 e. The molecule has 0 aliphatic carbocycles. The number of aromatic amines is 3. The predicted molar refractivity (Wildman–Crippen MR) is 469 cm³/mol. The van der Waals surface area contributed by atoms with E-state index in [1.165, 1.54) is 66.7 Å². The summed E-state index contributed by atoms with van der Waals surface area (Å²) in [6.45, 7) is 17.9. The van der Waals surface area contributed by atoms with Crippen LogP contribution >= 0.6 is 0 Å². The lowest BCUT2D eigenvalue weighted by molar-refractivity contribution is -0.144. The molecule has 6 rings (SSSR count). The number of likely N-dealkylation sites (tertiary alicyclic amines) is 1. The van der Waals surface area contributed by atoms with Crippen LogP contribution in [-0.2, 0) is 114 Å². The number of nitrogens with one attached hydrogen (secondary N) is 17. The first-order valence-electron chi connectivity index (χ1n) is 42.9. The van der Waals surface area contributed by atoms with E-state index in [1.54, 1.807) is 99.6 Å². The highest BCUT2D eigenvalue weighted by Gasteiger charge is 2.44. The summed E-state index contributed by atoms with van der Waals surface area (Å²) >= 11 is 0. The number of carbonyl (C=O) groups excluding carboxylic acids is 14. The summed E-state index contributed by atoms with van der Waals surface area (Å²) in [6.07, 6.45) is 6.51. The van der Waals surface area contributed by atoms with Crippen molar-refractivity contribution >= 4 is 107 Å². The molecule has 0 radical (unpaired) electrons. The van der Waals surface area contributed by atoms with Gasteiger partial charge in [-0.15, -0.1) is 0 Å². The molecule has 1 saturated heterocycles. The van der Waals surface area contributed by atoms with Gasteiger partial charge in [0.15, 0.2) is 5.96 Å². The number of hydrogen-bond donors (Lipinski definition) is 24. The molecule has 2 aromatic carbocycles. The van der Waals surface area contributed by atoms with E-state index in [4.69, 9.17) is 32.5 Å². The molecule has 16 atom stereocenters. The van der Waals surface area contributed by atoms with Crippen LogP contribution in [-0.4, -0.2) is 259 Å². The maximum Gasteiger partial charge on any atom is 0.326 e. The highest BCUT2D eigenvalue weighted by atomic mass is 16.4. The molecule has 0 spiro atoms. The van der Waals surface area contributed by atoms with Gasteiger partial charge < -0.3 is 127 Å². The van der Waals surface area contributed by atoms with Crippen molar-refractivity contribution in [2.75, 3.05) is 13.1 Å². The average molecular weight is 1820 g/mol. The van der Waals surface area contributed by atoms with Gasteiger partial charge in [0, 0.05) is 70.7 Å². The zero-order valence-electron chi connectivity index (χ0n) is 74.7. The Morgan fingerprint density at radius 1 is 0.477 bits per heavy atom. The van der Waals surface area contributed by atoms with Gasteiger partial charge in [0.25, 0.3) is 5.97 Å². The van der Waals surface area contributed by atoms with Gasteiger partial charge in [0.2, 0.25) is 82.7 Å². The van der Waals surface area contributed by atoms with Gasteiger partial charge in [0.05, 0.1) is 54.9 Å². The minimum absolute atomic E-state index is 0.0233. The summed E-state index contributed by atoms with van der Waals surface area (Å²) in [7, 11) is 0. The molecule has 130 heavy (non-hydrogen) atoms. The van der Waals surface area contributed by atoms with Crippen LogP contribution in [0.4, 0.5) is 0 Å². The van der Waals surface area contributed by atoms with Crippen LogP contribution < -0.4 is 86.3 Å². The lowest BCUT2D eigenvalue weighted by Crippen LogP contribution is -2.62. The van der Waals surface area contributed by atoms with Crippen molar-refractivity contribution < 1.29 is 102 Å². The molecule has 0 bridgehead atoms. The molecule has 3 aromatic heterocycles. The van der Waals surface area contributed by atoms with Crippen molar-refractivity contribution in [3.8, 4) is 5.75 Å². The quantitative estimate of drug-likeness (QED) is 0.0108. The number of carboxylic acid groups (broad SMARTS) is 3. The Labute approximate surface area is 751 Å². The fourth-order valence-corrected chi connectivity index (χ4v) is 13.9. The lowest BCUT2D eigenvalue weighted by atomic mass is 9.95. The van der Waals surface area contributed by atoms with Crippen molar-refractivity contribution in [1.82, 2.24) is 104 Å². The highest BCUT2D eigenvalue weighted by Crippen LogP contribution is 2.23. The first kappa shape index (κ1) is 107. The van der Waals surface area contributed by atoms with Crippen molar-refractivity contribution in [3.05, 3.63) is 120 Å². The number of hydrogen-bond acceptors (Lipinski definition) is 23. The van der Waals surface area contributed by atoms with Gasteiger partial charge in [0.1, 0.15) is 84.3 Å². The second kappa shape index (κ2) is 53.0. The number of benzene rings is 2. The molecular formula is C85H126N24O21. The third kappa shape index (κ3) is 35.7. The third-order valence-corrected chi connectivity index (χ3v) is 21.3. The number of aromatic hydroxyl groups is 1. The Bertz CT molecular complexity index is 4610. The number of phenols is 1. The Morgan fingerprint density at radius 3 is 1.30 bits per heavy atom. The van der Waals surface area contributed by atoms with Crippen molar-refractivity contribution in [3.63, 3.8) is 0 Å². The van der Waals surface area contributed by atoms with Gasteiger partial charge in [-0.3, -0.25) is 82.1 Å². The summed E-state index contributed by atoms with van der Waals surface area (Å²) in [6, 6.07) is -6.32. The summed E-state index contributed by atoms with van der Waals surface area (Å²) in [5, 5.41) is 78.9. The van der Waals surface area contributed by atoms with Crippen LogP contribution in [0.3, 0.4) is 0 Å². The lowest BCUT2D eigenvalue weighted by Gasteiger charge is -2.32. The zero-order valence-corrected chi connectivity index (χ0v) is 74.7. The molecule has 1 fully saturated rings. The van der Waals surface area contributed by atoms with E-state index in [0.717, 1.165) is 6.92 Å². The van der Waals surface area contributed by atoms with E-state index >= 15 is 24.0 Å². The Hall–Kier alpha value is -13.9. The smallest absolute Gasteiger partial charge is 0.326 e. The van der Waals surface area contributed by atoms with Crippen LogP contribution in [0.15, 0.2) is 92.2 Å². The number of phenolic OH excluding ortho intramolecular Hbond substituents is 1. The highest BCUT2D eigenvalue weighted by molar-refractivity contribution is 6.01. The Morgan fingerprint density at radius 2 is 0.862 bits per heavy atom. The fourth-order valence-electron chi connectivity index (χ4n) is 13.9. The van der Waals surface area contributed by atoms with Gasteiger partial charge in [-0.2, -0.15) is 0 Å². The van der Waals surface area contributed by atoms with Crippen LogP contribution in [0.2, 0.25) is 0 Å². The number of nitrogens with zero attached hydrogens (tertiary/aromatic N) is 4. The summed E-state index contributed by atoms with van der Waals surface area (Å²) in [5.41, 5.74) is 18.4. The Balaban J connectivity index is 0.00000732. The number of rotatable bonds is 52. The van der Waals surface area contributed by atoms with Gasteiger partial charge in [-0.25, -0.2) is 19.7 Å². The van der Waals surface area contributed by atoms with E-state index in [9.17, 15) is 68.1 Å². The minimum atomic E-state index is -1.76. The zero-order chi connectivity index (χ0) is 96.8. The van der Waals surface area contributed by atoms with Gasteiger partial charge in [-0.05, 0) is 85.0 Å². The summed E-state index contributed by atoms with van der Waals surface area (Å²) in [4.78, 5) is 257. The molecule has 1 aliphatic rings. The number of H-pyrrole nitrogens is 3. The Kier molecular flexibility index (Phi) is 43.5. The van der Waals surface area contributed by atoms with Crippen molar-refractivity contribution in [2.45, 2.75) is 251 Å². The largest absolute Gasteiger partial charge is 0.508 e. The normalized spacial score (nSPS) is 15.8. The maximum atomic E-state index is 15.4. The third-order valence-electron chi connectivity index (χ3n) is 21.3. The number of aromatic nitrogens is 6. The van der Waals surface area contributed by atoms with Crippen LogP contribution in [0, 0.1) is 35.0 Å². The number of aliphatic carboxylic acids is 3. The van der Waals surface area contributed by atoms with E-state index in [1.807, 2.05) is 0 Å². The molecule has 45 nitrogen and oxygen atoms in total. The predicted octanol–water partition coefficient (Wildman–Crippen LogP) is -2.55. The standard InChI is InChI=1S/C83H122N24O19.C2H4O2/c1-11-45(9)67(105-75(118)57(30-48-22-24-52(108)25-23-48)99-77(120)65(43(5)6)103-70(113)54(20-16-26-91-83(86)87)95-69(112)53(84)34-64(110)111)80(123)101-60(33-51-38-90-41-94-51)81(124)107-27-17-21-62(107)76(119)98-56(29-47-18-14-13-15-19-47)71(114)97-58(31-49-36-88-39-92-49)72(115)96-55(28-42(3)4)74(117)104-66(44(7)8)78(121)106-68(46(10)12-2)79(122)100-59(32-50-37-89-40-93-50)73(116)102-61(82(125)126)35-63(85)109;1-2(3)4/h13-15,18-19,22-25,36-46,53-62,65-68,108H,11-12,16-17,20-21,26-35,84H2,1-10H3,(H2,85,109)(H,88,92)(H,89,93)(H,90,94)(H,95,112)(H,96,115)(H,97,114)(H,98,119)(H,99,120)(H,100,122)(H,101,123)(H,102,116)(H,103,113)(H,104,117)(H,105,118)(H,106,121)(H,110,111)(H,125,126)(H4,86,87,91);1H3,(H,3,4). The molecule has 14 amide bonds. The molecule has 0 saturated carbocycles. The number of carboxylic acids is 3. The fraction of sp³-hybridized carbons (Fsp3) is 0.541. The topological polar surface area (TPSA) is 719 Å². The molecule has 4 heterocycles. The molecular weight excluding hydrogens is 1690 g/mol. The van der Waals surface area contributed by atoms with E-state index < -0.39 is 222 Å². The van der Waals surface area contributed by atoms with E-state index in [2.05, 4.69) is 99.0 Å². The number of nitrogens with two attached hydrogens (primary N) is 3. The molecule has 16 unspecified atom stereocenters. The summed E-state index contributed by atoms with van der Waals surface area (Å²) in [5.74, 6) is -19.8. The van der Waals surface area contributed by atoms with E-state index in [-0.39, 0.29) is 113 Å². The van der Waals surface area contributed by atoms with Crippen molar-refractivity contribution in [2.24, 2.45) is 46.8 Å². The first-order valence-corrected chi connectivity index (χ1v) is 42.9. The van der Waals surface area contributed by atoms with E-state index in [0.29, 0.717) is 23.2 Å². The van der Waals surface area contributed by atoms with Crippen molar-refractivity contribution in [1.29, 1.82) is 5.41 Å². The molecule has 45 heteroatoms. The number of amides is 14. The second-order valence-electron chi connectivity index (χ2n) is 33.1. The average Bonchev–Trinajstić information content (AvgIpc) is 1.66. The molecule has 27 N–H and O–H groups in total. The number of guanidine groups is 1. The monoisotopic (exact) mass is 1820 g/mol. The van der Waals surface area contributed by atoms with Gasteiger partial charge in [-0.1, -0.05) is 125 Å². The van der Waals surface area contributed by atoms with Crippen LogP contribution in [0.25, 0.3) is 0 Å².